The zero-order valence-electron chi connectivity index (χ0n) is 13.4. The second-order valence-corrected chi connectivity index (χ2v) is 7.85. The lowest BCUT2D eigenvalue weighted by Gasteiger charge is -1.98. The fourth-order valence-electron chi connectivity index (χ4n) is 3.05. The van der Waals surface area contributed by atoms with Gasteiger partial charge in [-0.1, -0.05) is 0 Å². The zero-order chi connectivity index (χ0) is 17.1. The van der Waals surface area contributed by atoms with Gasteiger partial charge in [-0.25, -0.2) is 19.5 Å². The van der Waals surface area contributed by atoms with Gasteiger partial charge in [-0.2, -0.15) is 5.10 Å². The maximum absolute atomic E-state index is 4.71. The Balaban J connectivity index is 1.73. The van der Waals surface area contributed by atoms with E-state index in [0.29, 0.717) is 12.4 Å². The van der Waals surface area contributed by atoms with Gasteiger partial charge in [0.1, 0.15) is 22.4 Å². The predicted molar refractivity (Wildman–Crippen MR) is 100.0 cm³/mol. The lowest BCUT2D eigenvalue weighted by Crippen LogP contribution is -2.01. The Morgan fingerprint density at radius 3 is 2.92 bits per heavy atom. The van der Waals surface area contributed by atoms with Crippen molar-refractivity contribution in [2.24, 2.45) is 0 Å². The normalized spacial score (nSPS) is 12.0. The van der Waals surface area contributed by atoms with Crippen molar-refractivity contribution in [2.45, 2.75) is 20.4 Å². The van der Waals surface area contributed by atoms with E-state index in [1.54, 1.807) is 33.1 Å². The molecule has 0 radical (unpaired) electrons. The minimum absolute atomic E-state index is 0.510. The molecule has 0 saturated carbocycles. The third-order valence-electron chi connectivity index (χ3n) is 4.04. The molecule has 0 amide bonds. The van der Waals surface area contributed by atoms with Crippen molar-refractivity contribution in [1.29, 1.82) is 0 Å². The molecular weight excluding hydrogens is 402 g/mol. The number of pyridine rings is 1. The molecule has 0 atom stereocenters. The van der Waals surface area contributed by atoms with Gasteiger partial charge in [-0.05, 0) is 41.4 Å². The average Bonchev–Trinajstić information content (AvgIpc) is 3.22. The van der Waals surface area contributed by atoms with Crippen LogP contribution in [0.5, 0.6) is 0 Å². The summed E-state index contributed by atoms with van der Waals surface area (Å²) < 4.78 is 5.47. The fraction of sp³-hybridized carbons (Fsp3) is 0.188. The van der Waals surface area contributed by atoms with Gasteiger partial charge in [-0.15, -0.1) is 16.4 Å². The smallest absolute Gasteiger partial charge is 0.176 e. The van der Waals surface area contributed by atoms with Crippen molar-refractivity contribution < 1.29 is 0 Å². The summed E-state index contributed by atoms with van der Waals surface area (Å²) in [6, 6.07) is 2.09. The molecule has 0 aliphatic heterocycles. The Bertz CT molecular complexity index is 1270. The van der Waals surface area contributed by atoms with E-state index < -0.39 is 0 Å². The first-order valence-electron chi connectivity index (χ1n) is 7.67. The van der Waals surface area contributed by atoms with Crippen LogP contribution in [-0.2, 0) is 6.54 Å². The largest absolute Gasteiger partial charge is 0.264 e. The highest BCUT2D eigenvalue weighted by Crippen LogP contribution is 2.35. The molecule has 0 aliphatic carbocycles. The Morgan fingerprint density at radius 1 is 1.24 bits per heavy atom. The summed E-state index contributed by atoms with van der Waals surface area (Å²) in [5, 5.41) is 9.89. The van der Waals surface area contributed by atoms with Gasteiger partial charge >= 0.3 is 0 Å². The highest BCUT2D eigenvalue weighted by atomic mass is 79.9. The molecule has 0 aliphatic rings. The van der Waals surface area contributed by atoms with E-state index in [4.69, 9.17) is 4.98 Å². The molecular formula is C16H12BrN7S. The van der Waals surface area contributed by atoms with Crippen molar-refractivity contribution in [2.75, 3.05) is 0 Å². The molecule has 0 fully saturated rings. The maximum atomic E-state index is 4.71. The standard InChI is InChI=1S/C16H12BrN7S/c1-8-3-9(2)20-16-12(8)13-14(25-16)15-21-11(22-24(15)7-18-13)6-23-5-10(17)4-19-23/h3-5,7H,6H2,1-2H3. The topological polar surface area (TPSA) is 73.8 Å². The number of rotatable bonds is 2. The fourth-order valence-corrected chi connectivity index (χ4v) is 4.60. The molecule has 7 nitrogen and oxygen atoms in total. The van der Waals surface area contributed by atoms with Crippen LogP contribution in [0.15, 0.2) is 29.3 Å². The molecule has 25 heavy (non-hydrogen) atoms. The Labute approximate surface area is 154 Å². The number of nitrogens with zero attached hydrogens (tertiary/aromatic N) is 7. The molecule has 5 rings (SSSR count). The zero-order valence-corrected chi connectivity index (χ0v) is 15.8. The van der Waals surface area contributed by atoms with Crippen molar-refractivity contribution in [1.82, 2.24) is 34.3 Å². The van der Waals surface area contributed by atoms with Crippen LogP contribution in [0, 0.1) is 13.8 Å². The van der Waals surface area contributed by atoms with Gasteiger partial charge in [0.05, 0.1) is 16.2 Å². The van der Waals surface area contributed by atoms with E-state index >= 15 is 0 Å². The number of aryl methyl sites for hydroxylation is 2. The minimum Gasteiger partial charge on any atom is -0.264 e. The van der Waals surface area contributed by atoms with Crippen LogP contribution in [-0.4, -0.2) is 34.3 Å². The molecule has 0 bridgehead atoms. The van der Waals surface area contributed by atoms with Crippen LogP contribution < -0.4 is 0 Å². The number of fused-ring (bicyclic) bond motifs is 5. The van der Waals surface area contributed by atoms with E-state index in [2.05, 4.69) is 49.1 Å². The van der Waals surface area contributed by atoms with Gasteiger partial charge in [0, 0.05) is 17.3 Å². The summed E-state index contributed by atoms with van der Waals surface area (Å²) in [7, 11) is 0. The molecule has 0 spiro atoms. The van der Waals surface area contributed by atoms with Gasteiger partial charge < -0.3 is 0 Å². The number of hydrogen-bond donors (Lipinski definition) is 0. The lowest BCUT2D eigenvalue weighted by atomic mass is 10.1. The number of hydrogen-bond acceptors (Lipinski definition) is 6. The summed E-state index contributed by atoms with van der Waals surface area (Å²) in [6.45, 7) is 4.62. The first kappa shape index (κ1) is 14.9. The van der Waals surface area contributed by atoms with E-state index in [1.807, 2.05) is 13.1 Å². The summed E-state index contributed by atoms with van der Waals surface area (Å²) in [4.78, 5) is 15.0. The molecule has 124 valence electrons. The molecule has 0 N–H and O–H groups in total. The highest BCUT2D eigenvalue weighted by molar-refractivity contribution is 9.10. The summed E-state index contributed by atoms with van der Waals surface area (Å²) >= 11 is 5.02. The van der Waals surface area contributed by atoms with Gasteiger partial charge in [0.15, 0.2) is 11.5 Å². The molecule has 5 heterocycles. The summed E-state index contributed by atoms with van der Waals surface area (Å²) in [5.74, 6) is 0.697. The summed E-state index contributed by atoms with van der Waals surface area (Å²) in [5.41, 5.74) is 3.95. The molecule has 0 saturated heterocycles. The van der Waals surface area contributed by atoms with E-state index in [0.717, 1.165) is 36.2 Å². The third-order valence-corrected chi connectivity index (χ3v) is 5.52. The van der Waals surface area contributed by atoms with Crippen LogP contribution >= 0.6 is 27.3 Å². The van der Waals surface area contributed by atoms with Crippen molar-refractivity contribution in [3.63, 3.8) is 0 Å². The van der Waals surface area contributed by atoms with Crippen LogP contribution in [0.2, 0.25) is 0 Å². The van der Waals surface area contributed by atoms with Gasteiger partial charge in [0.25, 0.3) is 0 Å². The van der Waals surface area contributed by atoms with E-state index in [9.17, 15) is 0 Å². The van der Waals surface area contributed by atoms with Crippen LogP contribution in [0.4, 0.5) is 0 Å². The predicted octanol–water partition coefficient (Wildman–Crippen LogP) is 3.51. The van der Waals surface area contributed by atoms with Crippen molar-refractivity contribution >= 4 is 53.3 Å². The first-order valence-corrected chi connectivity index (χ1v) is 9.28. The maximum Gasteiger partial charge on any atom is 0.176 e. The molecule has 9 heteroatoms. The molecule has 5 aromatic heterocycles. The average molecular weight is 414 g/mol. The SMILES string of the molecule is Cc1cc(C)c2c(n1)sc1c2ncn2nc(Cn3cc(Br)cn3)nc12. The molecule has 0 unspecified atom stereocenters. The Morgan fingerprint density at radius 2 is 2.12 bits per heavy atom. The van der Waals surface area contributed by atoms with Crippen LogP contribution in [0.1, 0.15) is 17.1 Å². The second kappa shape index (κ2) is 5.30. The molecule has 0 aromatic carbocycles. The monoisotopic (exact) mass is 413 g/mol. The van der Waals surface area contributed by atoms with Crippen LogP contribution in [0.25, 0.3) is 26.1 Å². The third kappa shape index (κ3) is 2.34. The number of halogens is 1. The quantitative estimate of drug-likeness (QED) is 0.442. The Kier molecular flexibility index (Phi) is 3.16. The number of thiophene rings is 1. The van der Waals surface area contributed by atoms with Crippen molar-refractivity contribution in [3.8, 4) is 0 Å². The lowest BCUT2D eigenvalue weighted by molar-refractivity contribution is 0.653. The van der Waals surface area contributed by atoms with E-state index in [1.165, 1.54) is 5.56 Å². The second-order valence-electron chi connectivity index (χ2n) is 5.94. The van der Waals surface area contributed by atoms with Gasteiger partial charge in [0.2, 0.25) is 0 Å². The molecule has 5 aromatic rings. The Hall–Kier alpha value is -2.39. The summed E-state index contributed by atoms with van der Waals surface area (Å²) in [6.07, 6.45) is 5.37. The highest BCUT2D eigenvalue weighted by Gasteiger charge is 2.16. The number of aromatic nitrogens is 7. The minimum atomic E-state index is 0.510. The van der Waals surface area contributed by atoms with Gasteiger partial charge in [-0.3, -0.25) is 4.68 Å². The first-order chi connectivity index (χ1) is 12.1. The van der Waals surface area contributed by atoms with E-state index in [-0.39, 0.29) is 0 Å². The van der Waals surface area contributed by atoms with Crippen LogP contribution in [0.3, 0.4) is 0 Å². The van der Waals surface area contributed by atoms with Crippen molar-refractivity contribution in [3.05, 3.63) is 46.3 Å².